The van der Waals surface area contributed by atoms with Crippen LogP contribution in [0, 0.1) is 6.92 Å². The average Bonchev–Trinajstić information content (AvgIpc) is 2.63. The van der Waals surface area contributed by atoms with Gasteiger partial charge in [-0.15, -0.1) is 0 Å². The number of halogens is 3. The third kappa shape index (κ3) is 4.92. The van der Waals surface area contributed by atoms with Gasteiger partial charge in [0.2, 0.25) is 11.8 Å². The molecule has 1 aliphatic heterocycles. The Labute approximate surface area is 163 Å². The molecule has 1 fully saturated rings. The van der Waals surface area contributed by atoms with E-state index >= 15 is 0 Å². The zero-order valence-corrected chi connectivity index (χ0v) is 15.5. The minimum Gasteiger partial charge on any atom is -0.325 e. The van der Waals surface area contributed by atoms with Crippen molar-refractivity contribution in [2.45, 2.75) is 24.8 Å². The Hall–Kier alpha value is -2.81. The molecule has 9 heteroatoms. The van der Waals surface area contributed by atoms with Crippen molar-refractivity contribution in [1.29, 1.82) is 0 Å². The van der Waals surface area contributed by atoms with Crippen LogP contribution >= 0.6 is 11.8 Å². The Morgan fingerprint density at radius 1 is 1.18 bits per heavy atom. The number of para-hydroxylation sites is 1. The second kappa shape index (κ2) is 8.05. The summed E-state index contributed by atoms with van der Waals surface area (Å²) in [6.07, 6.45) is -4.75. The summed E-state index contributed by atoms with van der Waals surface area (Å²) in [5.74, 6) is -1.11. The van der Waals surface area contributed by atoms with Gasteiger partial charge in [0.1, 0.15) is 5.25 Å². The second-order valence-electron chi connectivity index (χ2n) is 6.14. The van der Waals surface area contributed by atoms with Gasteiger partial charge in [0.25, 0.3) is 0 Å². The minimum absolute atomic E-state index is 0.155. The summed E-state index contributed by atoms with van der Waals surface area (Å²) >= 11 is 1.000. The molecule has 5 nitrogen and oxygen atoms in total. The first kappa shape index (κ1) is 19.9. The number of carbonyl (C=O) groups excluding carboxylic acids is 2. The molecule has 2 aromatic rings. The largest absolute Gasteiger partial charge is 0.418 e. The fourth-order valence-electron chi connectivity index (χ4n) is 2.53. The minimum atomic E-state index is -4.60. The maximum atomic E-state index is 13.1. The number of amidine groups is 1. The number of alkyl halides is 3. The van der Waals surface area contributed by atoms with Gasteiger partial charge in [0, 0.05) is 6.42 Å². The van der Waals surface area contributed by atoms with Crippen LogP contribution in [0.3, 0.4) is 0 Å². The summed E-state index contributed by atoms with van der Waals surface area (Å²) in [6.45, 7) is 1.92. The molecule has 1 heterocycles. The van der Waals surface area contributed by atoms with Gasteiger partial charge in [0.15, 0.2) is 5.17 Å². The smallest absolute Gasteiger partial charge is 0.325 e. The standard InChI is InChI=1S/C19H16F3N3O2S/c1-11-6-8-12(9-7-11)23-18-25-16(26)10-15(28-18)17(27)24-14-5-3-2-4-13(14)19(20,21)22/h2-9,15H,10H2,1H3,(H,24,27)(H,23,25,26)/t15-/m1/s1. The van der Waals surface area contributed by atoms with Gasteiger partial charge in [-0.3, -0.25) is 9.59 Å². The fourth-order valence-corrected chi connectivity index (χ4v) is 3.54. The highest BCUT2D eigenvalue weighted by molar-refractivity contribution is 8.15. The fraction of sp³-hybridized carbons (Fsp3) is 0.211. The molecule has 1 atom stereocenters. The van der Waals surface area contributed by atoms with E-state index in [-0.39, 0.29) is 17.3 Å². The number of hydrogen-bond acceptors (Lipinski definition) is 4. The number of benzene rings is 2. The van der Waals surface area contributed by atoms with Gasteiger partial charge in [-0.1, -0.05) is 41.6 Å². The van der Waals surface area contributed by atoms with E-state index < -0.39 is 28.8 Å². The average molecular weight is 407 g/mol. The lowest BCUT2D eigenvalue weighted by atomic mass is 10.1. The van der Waals surface area contributed by atoms with E-state index in [1.807, 2.05) is 19.1 Å². The summed E-state index contributed by atoms with van der Waals surface area (Å²) in [7, 11) is 0. The van der Waals surface area contributed by atoms with Gasteiger partial charge in [0.05, 0.1) is 16.9 Å². The first-order valence-electron chi connectivity index (χ1n) is 8.31. The van der Waals surface area contributed by atoms with Crippen molar-refractivity contribution in [2.75, 3.05) is 5.32 Å². The maximum absolute atomic E-state index is 13.1. The number of amides is 2. The molecule has 0 spiro atoms. The Morgan fingerprint density at radius 3 is 2.54 bits per heavy atom. The van der Waals surface area contributed by atoms with E-state index in [1.165, 1.54) is 18.2 Å². The van der Waals surface area contributed by atoms with Crippen molar-refractivity contribution in [1.82, 2.24) is 5.32 Å². The van der Waals surface area contributed by atoms with Crippen molar-refractivity contribution in [2.24, 2.45) is 4.99 Å². The van der Waals surface area contributed by atoms with Gasteiger partial charge in [-0.2, -0.15) is 13.2 Å². The van der Waals surface area contributed by atoms with Crippen LogP contribution < -0.4 is 10.6 Å². The third-order valence-electron chi connectivity index (χ3n) is 3.92. The van der Waals surface area contributed by atoms with E-state index in [9.17, 15) is 22.8 Å². The number of rotatable bonds is 3. The van der Waals surface area contributed by atoms with Crippen LogP contribution in [0.2, 0.25) is 0 Å². The molecule has 28 heavy (non-hydrogen) atoms. The van der Waals surface area contributed by atoms with E-state index in [0.29, 0.717) is 5.69 Å². The molecule has 146 valence electrons. The molecular weight excluding hydrogens is 391 g/mol. The highest BCUT2D eigenvalue weighted by Gasteiger charge is 2.35. The quantitative estimate of drug-likeness (QED) is 0.799. The van der Waals surface area contributed by atoms with Crippen molar-refractivity contribution in [3.05, 3.63) is 59.7 Å². The summed E-state index contributed by atoms with van der Waals surface area (Å²) in [6, 6.07) is 11.9. The van der Waals surface area contributed by atoms with Crippen LogP contribution in [0.15, 0.2) is 53.5 Å². The lowest BCUT2D eigenvalue weighted by molar-refractivity contribution is -0.137. The first-order chi connectivity index (χ1) is 13.2. The molecule has 2 N–H and O–H groups in total. The summed E-state index contributed by atoms with van der Waals surface area (Å²) in [4.78, 5) is 28.7. The molecule has 1 saturated heterocycles. The van der Waals surface area contributed by atoms with Crippen LogP contribution in [0.25, 0.3) is 0 Å². The molecule has 0 bridgehead atoms. The second-order valence-corrected chi connectivity index (χ2v) is 7.34. The lowest BCUT2D eigenvalue weighted by Gasteiger charge is -2.23. The molecule has 1 aliphatic rings. The zero-order chi connectivity index (χ0) is 20.3. The van der Waals surface area contributed by atoms with Gasteiger partial charge >= 0.3 is 6.18 Å². The molecule has 0 aliphatic carbocycles. The topological polar surface area (TPSA) is 70.6 Å². The number of nitrogens with zero attached hydrogens (tertiary/aromatic N) is 1. The number of carbonyl (C=O) groups is 2. The highest BCUT2D eigenvalue weighted by Crippen LogP contribution is 2.35. The maximum Gasteiger partial charge on any atom is 0.418 e. The van der Waals surface area contributed by atoms with Crippen LogP contribution in [0.4, 0.5) is 24.5 Å². The number of nitrogens with one attached hydrogen (secondary N) is 2. The van der Waals surface area contributed by atoms with Crippen LogP contribution in [0.1, 0.15) is 17.5 Å². The van der Waals surface area contributed by atoms with Crippen molar-refractivity contribution in [3.63, 3.8) is 0 Å². The van der Waals surface area contributed by atoms with Crippen molar-refractivity contribution >= 4 is 40.1 Å². The third-order valence-corrected chi connectivity index (χ3v) is 5.00. The van der Waals surface area contributed by atoms with E-state index in [4.69, 9.17) is 0 Å². The van der Waals surface area contributed by atoms with Crippen LogP contribution in [0.5, 0.6) is 0 Å². The van der Waals surface area contributed by atoms with Gasteiger partial charge in [-0.25, -0.2) is 4.99 Å². The Bertz CT molecular complexity index is 927. The zero-order valence-electron chi connectivity index (χ0n) is 14.7. The first-order valence-corrected chi connectivity index (χ1v) is 9.19. The van der Waals surface area contributed by atoms with Crippen LogP contribution in [-0.4, -0.2) is 22.2 Å². The number of aliphatic imine (C=N–C) groups is 1. The molecule has 2 amide bonds. The van der Waals surface area contributed by atoms with Crippen LogP contribution in [-0.2, 0) is 15.8 Å². The SMILES string of the molecule is Cc1ccc(N=C2NC(=O)C[C@H](C(=O)Nc3ccccc3C(F)(F)F)S2)cc1. The van der Waals surface area contributed by atoms with Gasteiger partial charge < -0.3 is 10.6 Å². The lowest BCUT2D eigenvalue weighted by Crippen LogP contribution is -2.42. The predicted octanol–water partition coefficient (Wildman–Crippen LogP) is 4.26. The Kier molecular flexibility index (Phi) is 5.73. The normalized spacial score (nSPS) is 18.6. The monoisotopic (exact) mass is 407 g/mol. The van der Waals surface area contributed by atoms with E-state index in [2.05, 4.69) is 15.6 Å². The van der Waals surface area contributed by atoms with Gasteiger partial charge in [-0.05, 0) is 31.2 Å². The molecule has 3 rings (SSSR count). The number of anilines is 1. The number of thioether (sulfide) groups is 1. The van der Waals surface area contributed by atoms with E-state index in [0.717, 1.165) is 23.4 Å². The number of hydrogen-bond donors (Lipinski definition) is 2. The Balaban J connectivity index is 1.77. The Morgan fingerprint density at radius 2 is 1.86 bits per heavy atom. The summed E-state index contributed by atoms with van der Waals surface area (Å²) < 4.78 is 39.3. The molecule has 0 saturated carbocycles. The predicted molar refractivity (Wildman–Crippen MR) is 102 cm³/mol. The molecule has 2 aromatic carbocycles. The van der Waals surface area contributed by atoms with E-state index in [1.54, 1.807) is 12.1 Å². The molecule has 0 unspecified atom stereocenters. The summed E-state index contributed by atoms with van der Waals surface area (Å²) in [5.41, 5.74) is 0.354. The summed E-state index contributed by atoms with van der Waals surface area (Å²) in [5, 5.41) is 4.20. The number of aryl methyl sites for hydroxylation is 1. The van der Waals surface area contributed by atoms with Crippen molar-refractivity contribution in [3.8, 4) is 0 Å². The molecular formula is C19H16F3N3O2S. The molecule has 0 radical (unpaired) electrons. The van der Waals surface area contributed by atoms with Crippen molar-refractivity contribution < 1.29 is 22.8 Å². The highest BCUT2D eigenvalue weighted by atomic mass is 32.2. The molecule has 0 aromatic heterocycles.